The second kappa shape index (κ2) is 3.37. The molecule has 1 rings (SSSR count). The summed E-state index contributed by atoms with van der Waals surface area (Å²) in [7, 11) is -8.65. The van der Waals surface area contributed by atoms with Crippen molar-refractivity contribution in [2.75, 3.05) is 0 Å². The zero-order chi connectivity index (χ0) is 12.4. The monoisotopic (exact) mass is 256 g/mol. The summed E-state index contributed by atoms with van der Waals surface area (Å²) in [5, 5.41) is 0. The molecule has 0 N–H and O–H groups in total. The molecule has 0 aliphatic carbocycles. The van der Waals surface area contributed by atoms with Crippen LogP contribution in [0.5, 0.6) is 0 Å². The minimum absolute atomic E-state index is 0. The smallest absolute Gasteiger partial charge is 1.00 e. The second-order valence-corrected chi connectivity index (χ2v) is 4.68. The molecular formula is C6H11F6N2P. The van der Waals surface area contributed by atoms with E-state index in [0.717, 1.165) is 12.2 Å². The van der Waals surface area contributed by atoms with Crippen molar-refractivity contribution >= 4 is 7.81 Å². The van der Waals surface area contributed by atoms with Crippen LogP contribution in [0.3, 0.4) is 0 Å². The van der Waals surface area contributed by atoms with Crippen molar-refractivity contribution in [3.63, 3.8) is 0 Å². The molecule has 0 aliphatic heterocycles. The first-order chi connectivity index (χ1) is 6.29. The average molecular weight is 256 g/mol. The fourth-order valence-electron chi connectivity index (χ4n) is 0.737. The Kier molecular flexibility index (Phi) is 3.19. The maximum Gasteiger partial charge on any atom is 1.00 e. The Morgan fingerprint density at radius 3 is 1.80 bits per heavy atom. The van der Waals surface area contributed by atoms with E-state index in [4.69, 9.17) is 0 Å². The number of hydrogen-bond donors (Lipinski definition) is 0. The molecule has 1 heterocycles. The number of aryl methyl sites for hydroxylation is 2. The van der Waals surface area contributed by atoms with Gasteiger partial charge in [-0.1, -0.05) is 6.92 Å². The van der Waals surface area contributed by atoms with Crippen LogP contribution in [0.15, 0.2) is 12.4 Å². The molecule has 0 radical (unpaired) electrons. The number of rotatable bonds is 1. The fraction of sp³-hybridized carbons (Fsp3) is 0.500. The second-order valence-electron chi connectivity index (χ2n) is 2.77. The van der Waals surface area contributed by atoms with Crippen molar-refractivity contribution in [2.45, 2.75) is 13.3 Å². The molecule has 0 atom stereocenters. The van der Waals surface area contributed by atoms with Crippen molar-refractivity contribution in [1.29, 1.82) is 0 Å². The zero-order valence-corrected chi connectivity index (χ0v) is 8.87. The van der Waals surface area contributed by atoms with E-state index in [1.54, 1.807) is 0 Å². The van der Waals surface area contributed by atoms with E-state index in [0.29, 0.717) is 0 Å². The van der Waals surface area contributed by atoms with Crippen LogP contribution in [0, 0.1) is 0 Å². The summed E-state index contributed by atoms with van der Waals surface area (Å²) < 4.78 is 61.2. The van der Waals surface area contributed by atoms with E-state index in [1.807, 2.05) is 24.0 Å². The van der Waals surface area contributed by atoms with E-state index >= 15 is 0 Å². The Bertz CT molecular complexity index is 319. The predicted octanol–water partition coefficient (Wildman–Crippen LogP) is 4.48. The van der Waals surface area contributed by atoms with Gasteiger partial charge in [0.2, 0.25) is 0 Å². The van der Waals surface area contributed by atoms with Gasteiger partial charge in [-0.25, -0.2) is 4.98 Å². The zero-order valence-electron chi connectivity index (χ0n) is 8.97. The molecule has 0 saturated carbocycles. The third-order valence-corrected chi connectivity index (χ3v) is 1.24. The average Bonchev–Trinajstić information content (AvgIpc) is 2.27. The Hall–Kier alpha value is -0.780. The molecule has 0 saturated heterocycles. The minimum Gasteiger partial charge on any atom is 1.00 e. The van der Waals surface area contributed by atoms with E-state index in [9.17, 15) is 25.2 Å². The standard InChI is InChI=1S/C6H10N2.F6P/c1-3-6-7-4-5-8(6)2;1-7(2,3,4,5)6/h4-5H,3H2,1-2H3;/q;-1/p+1. The SMILES string of the molecule is CCc1nccn1C.F[P-](F)(F)(F)(F)F.[H+]. The van der Waals surface area contributed by atoms with Crippen molar-refractivity contribution in [1.82, 2.24) is 9.55 Å². The van der Waals surface area contributed by atoms with E-state index in [1.165, 1.54) is 0 Å². The maximum atomic E-state index is 9.87. The molecule has 0 aromatic carbocycles. The molecule has 15 heavy (non-hydrogen) atoms. The van der Waals surface area contributed by atoms with Gasteiger partial charge in [-0.2, -0.15) is 0 Å². The molecule has 9 heteroatoms. The molecule has 2 nitrogen and oxygen atoms in total. The van der Waals surface area contributed by atoms with Gasteiger partial charge in [-0.3, -0.25) is 0 Å². The first-order valence-electron chi connectivity index (χ1n) is 3.82. The van der Waals surface area contributed by atoms with Gasteiger partial charge in [0.25, 0.3) is 0 Å². The van der Waals surface area contributed by atoms with Gasteiger partial charge in [0, 0.05) is 25.9 Å². The van der Waals surface area contributed by atoms with Gasteiger partial charge in [0.05, 0.1) is 0 Å². The van der Waals surface area contributed by atoms with Gasteiger partial charge < -0.3 is 4.57 Å². The maximum absolute atomic E-state index is 10.7. The first-order valence-corrected chi connectivity index (χ1v) is 5.85. The molecule has 1 aromatic rings. The van der Waals surface area contributed by atoms with Crippen molar-refractivity contribution in [3.8, 4) is 0 Å². The molecule has 0 fully saturated rings. The van der Waals surface area contributed by atoms with Crippen LogP contribution in [0.25, 0.3) is 0 Å². The number of nitrogens with zero attached hydrogens (tertiary/aromatic N) is 2. The molecule has 0 bridgehead atoms. The summed E-state index contributed by atoms with van der Waals surface area (Å²) in [6.45, 7) is 2.10. The molecule has 0 spiro atoms. The normalized spacial score (nSPS) is 16.0. The van der Waals surface area contributed by atoms with Crippen LogP contribution in [-0.4, -0.2) is 9.55 Å². The Morgan fingerprint density at radius 1 is 1.27 bits per heavy atom. The number of aromatic nitrogens is 2. The predicted molar refractivity (Wildman–Crippen MR) is 47.3 cm³/mol. The molecular weight excluding hydrogens is 245 g/mol. The summed E-state index contributed by atoms with van der Waals surface area (Å²) in [4.78, 5) is 4.10. The number of halogens is 6. The topological polar surface area (TPSA) is 17.8 Å². The molecule has 1 aromatic heterocycles. The third-order valence-electron chi connectivity index (χ3n) is 1.24. The molecule has 0 amide bonds. The summed E-state index contributed by atoms with van der Waals surface area (Å²) in [6.07, 6.45) is 4.79. The summed E-state index contributed by atoms with van der Waals surface area (Å²) in [6, 6.07) is 0. The van der Waals surface area contributed by atoms with Crippen LogP contribution in [0.4, 0.5) is 25.2 Å². The fourth-order valence-corrected chi connectivity index (χ4v) is 0.737. The molecule has 92 valence electrons. The van der Waals surface area contributed by atoms with E-state index < -0.39 is 7.81 Å². The third kappa shape index (κ3) is 13.2. The van der Waals surface area contributed by atoms with Gasteiger partial charge in [-0.05, 0) is 0 Å². The minimum atomic E-state index is -10.7. The Morgan fingerprint density at radius 2 is 1.67 bits per heavy atom. The van der Waals surface area contributed by atoms with Crippen LogP contribution < -0.4 is 0 Å². The van der Waals surface area contributed by atoms with Crippen LogP contribution >= 0.6 is 7.81 Å². The van der Waals surface area contributed by atoms with Gasteiger partial charge in [0.1, 0.15) is 5.82 Å². The Labute approximate surface area is 83.6 Å². The quantitative estimate of drug-likeness (QED) is 0.535. The van der Waals surface area contributed by atoms with Gasteiger partial charge >= 0.3 is 34.4 Å². The van der Waals surface area contributed by atoms with Crippen molar-refractivity contribution in [2.24, 2.45) is 7.05 Å². The summed E-state index contributed by atoms with van der Waals surface area (Å²) >= 11 is 0. The molecule has 0 unspecified atom stereocenters. The number of imidazole rings is 1. The van der Waals surface area contributed by atoms with Crippen LogP contribution in [-0.2, 0) is 13.5 Å². The molecule has 0 aliphatic rings. The number of hydrogen-bond acceptors (Lipinski definition) is 1. The van der Waals surface area contributed by atoms with Crippen LogP contribution in [0.2, 0.25) is 0 Å². The Balaban J connectivity index is 0. The summed E-state index contributed by atoms with van der Waals surface area (Å²) in [5.74, 6) is 1.14. The first kappa shape index (κ1) is 14.2. The van der Waals surface area contributed by atoms with Crippen LogP contribution in [0.1, 0.15) is 14.2 Å². The van der Waals surface area contributed by atoms with Gasteiger partial charge in [-0.15, -0.1) is 0 Å². The van der Waals surface area contributed by atoms with Crippen molar-refractivity contribution < 1.29 is 26.6 Å². The largest absolute Gasteiger partial charge is 1.00 e. The van der Waals surface area contributed by atoms with E-state index in [2.05, 4.69) is 11.9 Å². The van der Waals surface area contributed by atoms with Gasteiger partial charge in [0.15, 0.2) is 0 Å². The summed E-state index contributed by atoms with van der Waals surface area (Å²) in [5.41, 5.74) is 0. The van der Waals surface area contributed by atoms with Crippen molar-refractivity contribution in [3.05, 3.63) is 18.2 Å². The van der Waals surface area contributed by atoms with E-state index in [-0.39, 0.29) is 1.43 Å².